The van der Waals surface area contributed by atoms with Crippen molar-refractivity contribution in [2.24, 2.45) is 5.92 Å². The maximum Gasteiger partial charge on any atom is 0.256 e. The van der Waals surface area contributed by atoms with Crippen molar-refractivity contribution in [1.29, 1.82) is 0 Å². The summed E-state index contributed by atoms with van der Waals surface area (Å²) in [6.07, 6.45) is 5.92. The van der Waals surface area contributed by atoms with Gasteiger partial charge in [-0.1, -0.05) is 13.0 Å². The van der Waals surface area contributed by atoms with E-state index in [0.29, 0.717) is 17.1 Å². The molecular formula is C22H24FN5O. The lowest BCUT2D eigenvalue weighted by Crippen LogP contribution is -2.33. The molecule has 6 nitrogen and oxygen atoms in total. The van der Waals surface area contributed by atoms with Crippen LogP contribution in [0.5, 0.6) is 0 Å². The lowest BCUT2D eigenvalue weighted by molar-refractivity contribution is 0.0940. The van der Waals surface area contributed by atoms with Crippen LogP contribution < -0.4 is 10.2 Å². The number of amides is 1. The lowest BCUT2D eigenvalue weighted by atomic mass is 9.93. The SMILES string of the molecule is CC1C[C@@H]2c3cc(F)ccc3CCC(C)NC(=O)c3cnn4ccc(nc34)N2C1. The van der Waals surface area contributed by atoms with Gasteiger partial charge < -0.3 is 10.2 Å². The number of aromatic nitrogens is 3. The van der Waals surface area contributed by atoms with Crippen LogP contribution in [0.1, 0.15) is 54.2 Å². The van der Waals surface area contributed by atoms with Crippen molar-refractivity contribution in [2.75, 3.05) is 11.4 Å². The Kier molecular flexibility index (Phi) is 4.26. The molecule has 0 radical (unpaired) electrons. The van der Waals surface area contributed by atoms with Gasteiger partial charge in [0.1, 0.15) is 17.2 Å². The fourth-order valence-electron chi connectivity index (χ4n) is 4.62. The minimum absolute atomic E-state index is 0.0158. The first-order valence-electron chi connectivity index (χ1n) is 10.2. The maximum atomic E-state index is 14.2. The Morgan fingerprint density at radius 3 is 2.97 bits per heavy atom. The molecule has 4 heterocycles. The van der Waals surface area contributed by atoms with Crippen LogP contribution in [-0.4, -0.2) is 33.1 Å². The number of anilines is 1. The molecule has 5 rings (SSSR count). The van der Waals surface area contributed by atoms with Gasteiger partial charge >= 0.3 is 0 Å². The number of carbonyl (C=O) groups is 1. The molecule has 1 saturated heterocycles. The van der Waals surface area contributed by atoms with Crippen LogP contribution in [0.25, 0.3) is 5.65 Å². The summed E-state index contributed by atoms with van der Waals surface area (Å²) in [4.78, 5) is 19.9. The Balaban J connectivity index is 1.70. The molecule has 2 aliphatic heterocycles. The van der Waals surface area contributed by atoms with Gasteiger partial charge in [-0.25, -0.2) is 13.9 Å². The van der Waals surface area contributed by atoms with Crippen LogP contribution in [0.2, 0.25) is 0 Å². The lowest BCUT2D eigenvalue weighted by Gasteiger charge is -2.28. The number of rotatable bonds is 0. The molecule has 1 N–H and O–H groups in total. The second kappa shape index (κ2) is 6.83. The van der Waals surface area contributed by atoms with E-state index in [1.165, 1.54) is 6.07 Å². The summed E-state index contributed by atoms with van der Waals surface area (Å²) in [5, 5.41) is 7.33. The van der Waals surface area contributed by atoms with Crippen LogP contribution in [0.4, 0.5) is 10.2 Å². The summed E-state index contributed by atoms with van der Waals surface area (Å²) >= 11 is 0. The molecule has 2 bridgehead atoms. The summed E-state index contributed by atoms with van der Waals surface area (Å²) in [6.45, 7) is 5.05. The van der Waals surface area contributed by atoms with E-state index in [0.717, 1.165) is 42.8 Å². The number of halogens is 1. The molecule has 2 aliphatic rings. The third kappa shape index (κ3) is 3.14. The van der Waals surface area contributed by atoms with Crippen LogP contribution in [0, 0.1) is 11.7 Å². The fourth-order valence-corrected chi connectivity index (χ4v) is 4.62. The molecule has 0 spiro atoms. The topological polar surface area (TPSA) is 62.5 Å². The van der Waals surface area contributed by atoms with Gasteiger partial charge in [0.2, 0.25) is 0 Å². The summed E-state index contributed by atoms with van der Waals surface area (Å²) < 4.78 is 15.8. The first-order chi connectivity index (χ1) is 14.0. The third-order valence-corrected chi connectivity index (χ3v) is 6.09. The highest BCUT2D eigenvalue weighted by Crippen LogP contribution is 2.40. The minimum Gasteiger partial charge on any atom is -0.349 e. The van der Waals surface area contributed by atoms with Gasteiger partial charge in [0.15, 0.2) is 5.65 Å². The molecule has 0 aliphatic carbocycles. The van der Waals surface area contributed by atoms with Crippen molar-refractivity contribution in [3.63, 3.8) is 0 Å². The van der Waals surface area contributed by atoms with Crippen LogP contribution in [-0.2, 0) is 6.42 Å². The van der Waals surface area contributed by atoms with Gasteiger partial charge in [-0.2, -0.15) is 5.10 Å². The number of hydrogen-bond acceptors (Lipinski definition) is 4. The van der Waals surface area contributed by atoms with E-state index in [-0.39, 0.29) is 23.8 Å². The first-order valence-corrected chi connectivity index (χ1v) is 10.2. The third-order valence-electron chi connectivity index (χ3n) is 6.09. The second-order valence-corrected chi connectivity index (χ2v) is 8.38. The van der Waals surface area contributed by atoms with Crippen LogP contribution in [0.3, 0.4) is 0 Å². The molecule has 1 aromatic carbocycles. The Labute approximate surface area is 168 Å². The summed E-state index contributed by atoms with van der Waals surface area (Å²) in [5.74, 6) is 0.884. The Morgan fingerprint density at radius 1 is 1.24 bits per heavy atom. The van der Waals surface area contributed by atoms with E-state index in [9.17, 15) is 9.18 Å². The van der Waals surface area contributed by atoms with Gasteiger partial charge in [0, 0.05) is 18.8 Å². The van der Waals surface area contributed by atoms with Crippen molar-refractivity contribution >= 4 is 17.4 Å². The average Bonchev–Trinajstić information content (AvgIpc) is 3.29. The average molecular weight is 393 g/mol. The predicted octanol–water partition coefficient (Wildman–Crippen LogP) is 3.52. The largest absolute Gasteiger partial charge is 0.349 e. The normalized spacial score (nSPS) is 24.4. The highest BCUT2D eigenvalue weighted by atomic mass is 19.1. The molecule has 2 unspecified atom stereocenters. The number of carbonyl (C=O) groups excluding carboxylic acids is 1. The molecule has 150 valence electrons. The fraction of sp³-hybridized carbons (Fsp3) is 0.409. The molecule has 29 heavy (non-hydrogen) atoms. The van der Waals surface area contributed by atoms with Gasteiger partial charge in [-0.15, -0.1) is 0 Å². The summed E-state index contributed by atoms with van der Waals surface area (Å²) in [5.41, 5.74) is 3.19. The number of hydrogen-bond donors (Lipinski definition) is 1. The molecule has 1 fully saturated rings. The molecule has 3 aromatic rings. The van der Waals surface area contributed by atoms with Crippen molar-refractivity contribution in [3.8, 4) is 0 Å². The first kappa shape index (κ1) is 18.1. The van der Waals surface area contributed by atoms with Crippen LogP contribution >= 0.6 is 0 Å². The van der Waals surface area contributed by atoms with E-state index < -0.39 is 0 Å². The number of aryl methyl sites for hydroxylation is 1. The molecule has 7 heteroatoms. The van der Waals surface area contributed by atoms with Crippen LogP contribution in [0.15, 0.2) is 36.7 Å². The van der Waals surface area contributed by atoms with Crippen molar-refractivity contribution in [2.45, 2.75) is 45.2 Å². The Hall–Kier alpha value is -2.96. The van der Waals surface area contributed by atoms with E-state index in [1.54, 1.807) is 16.8 Å². The highest BCUT2D eigenvalue weighted by molar-refractivity contribution is 5.99. The number of nitrogens with zero attached hydrogens (tertiary/aromatic N) is 4. The highest BCUT2D eigenvalue weighted by Gasteiger charge is 2.34. The van der Waals surface area contributed by atoms with Gasteiger partial charge in [-0.3, -0.25) is 4.79 Å². The van der Waals surface area contributed by atoms with Crippen molar-refractivity contribution in [1.82, 2.24) is 19.9 Å². The van der Waals surface area contributed by atoms with Crippen molar-refractivity contribution in [3.05, 3.63) is 59.2 Å². The van der Waals surface area contributed by atoms with E-state index in [4.69, 9.17) is 4.98 Å². The molecule has 2 aromatic heterocycles. The maximum absolute atomic E-state index is 14.2. The van der Waals surface area contributed by atoms with E-state index in [1.807, 2.05) is 25.3 Å². The molecule has 1 amide bonds. The zero-order chi connectivity index (χ0) is 20.1. The summed E-state index contributed by atoms with van der Waals surface area (Å²) in [6, 6.07) is 7.08. The zero-order valence-electron chi connectivity index (χ0n) is 16.6. The predicted molar refractivity (Wildman–Crippen MR) is 109 cm³/mol. The quantitative estimate of drug-likeness (QED) is 0.635. The monoisotopic (exact) mass is 393 g/mol. The second-order valence-electron chi connectivity index (χ2n) is 8.38. The zero-order valence-corrected chi connectivity index (χ0v) is 16.6. The van der Waals surface area contributed by atoms with Crippen molar-refractivity contribution < 1.29 is 9.18 Å². The summed E-state index contributed by atoms with van der Waals surface area (Å²) in [7, 11) is 0. The van der Waals surface area contributed by atoms with Gasteiger partial charge in [-0.05, 0) is 61.4 Å². The molecule has 3 atom stereocenters. The molecular weight excluding hydrogens is 369 g/mol. The Bertz CT molecular complexity index is 1090. The van der Waals surface area contributed by atoms with E-state index in [2.05, 4.69) is 22.2 Å². The number of nitrogens with one attached hydrogen (secondary N) is 1. The van der Waals surface area contributed by atoms with Gasteiger partial charge in [0.25, 0.3) is 5.91 Å². The number of fused-ring (bicyclic) bond motifs is 5. The van der Waals surface area contributed by atoms with Gasteiger partial charge in [0.05, 0.1) is 12.2 Å². The standard InChI is InChI=1S/C22H24FN5O/c1-13-9-19-17-10-16(23)6-5-15(17)4-3-14(2)25-22(29)18-11-24-28-8-7-20(26-21(18)28)27(19)12-13/h5-8,10-11,13-14,19H,3-4,9,12H2,1-2H3,(H,25,29)/t13?,14?,19-/m1/s1. The Morgan fingerprint density at radius 2 is 2.10 bits per heavy atom. The molecule has 0 saturated carbocycles. The number of benzene rings is 1. The smallest absolute Gasteiger partial charge is 0.256 e. The minimum atomic E-state index is -0.213. The van der Waals surface area contributed by atoms with E-state index >= 15 is 0 Å².